The fraction of sp³-hybridized carbons (Fsp3) is 0. The van der Waals surface area contributed by atoms with Crippen molar-refractivity contribution in [3.8, 4) is 0 Å². The van der Waals surface area contributed by atoms with Crippen LogP contribution in [-0.2, 0) is 0 Å². The molecule has 18 heavy (non-hydrogen) atoms. The molecule has 1 amide bonds. The van der Waals surface area contributed by atoms with Crippen molar-refractivity contribution < 1.29 is 14.7 Å². The van der Waals surface area contributed by atoms with E-state index >= 15 is 0 Å². The van der Waals surface area contributed by atoms with Gasteiger partial charge in [-0.25, -0.2) is 9.78 Å². The number of carboxylic acids is 1. The van der Waals surface area contributed by atoms with E-state index in [9.17, 15) is 9.59 Å². The average Bonchev–Trinajstić information content (AvgIpc) is 2.40. The summed E-state index contributed by atoms with van der Waals surface area (Å²) in [5.41, 5.74) is 0.592. The van der Waals surface area contributed by atoms with Crippen molar-refractivity contribution >= 4 is 17.7 Å². The molecule has 5 nitrogen and oxygen atoms in total. The van der Waals surface area contributed by atoms with Gasteiger partial charge in [0.05, 0.1) is 5.56 Å². The molecule has 2 rings (SSSR count). The Bertz CT molecular complexity index is 565. The largest absolute Gasteiger partial charge is 0.478 e. The van der Waals surface area contributed by atoms with Crippen molar-refractivity contribution in [3.05, 3.63) is 59.8 Å². The van der Waals surface area contributed by atoms with E-state index < -0.39 is 5.97 Å². The summed E-state index contributed by atoms with van der Waals surface area (Å²) in [5, 5.41) is 11.3. The number of rotatable bonds is 3. The fourth-order valence-corrected chi connectivity index (χ4v) is 1.37. The summed E-state index contributed by atoms with van der Waals surface area (Å²) in [7, 11) is 0. The Morgan fingerprint density at radius 3 is 2.28 bits per heavy atom. The maximum atomic E-state index is 11.8. The number of aromatic carboxylic acids is 1. The molecule has 0 fully saturated rings. The maximum Gasteiger partial charge on any atom is 0.337 e. The van der Waals surface area contributed by atoms with Crippen LogP contribution >= 0.6 is 0 Å². The normalized spacial score (nSPS) is 9.78. The summed E-state index contributed by atoms with van der Waals surface area (Å²) in [4.78, 5) is 26.2. The molecule has 0 aliphatic carbocycles. The SMILES string of the molecule is O=C(O)c1ccc(NC(=O)c2ccccc2)nc1. The lowest BCUT2D eigenvalue weighted by Gasteiger charge is -2.04. The van der Waals surface area contributed by atoms with E-state index in [1.54, 1.807) is 24.3 Å². The molecule has 0 aliphatic rings. The Kier molecular flexibility index (Phi) is 3.33. The number of hydrogen-bond donors (Lipinski definition) is 2. The molecule has 5 heteroatoms. The number of hydrogen-bond acceptors (Lipinski definition) is 3. The number of anilines is 1. The minimum absolute atomic E-state index is 0.0766. The van der Waals surface area contributed by atoms with Crippen molar-refractivity contribution in [1.82, 2.24) is 4.98 Å². The van der Waals surface area contributed by atoms with Crippen LogP contribution in [0.4, 0.5) is 5.82 Å². The molecule has 2 aromatic rings. The molecule has 0 aliphatic heterocycles. The van der Waals surface area contributed by atoms with Gasteiger partial charge in [0.15, 0.2) is 0 Å². The molecule has 0 bridgehead atoms. The summed E-state index contributed by atoms with van der Waals surface area (Å²) < 4.78 is 0. The third kappa shape index (κ3) is 2.70. The minimum Gasteiger partial charge on any atom is -0.478 e. The number of aromatic nitrogens is 1. The quantitative estimate of drug-likeness (QED) is 0.863. The van der Waals surface area contributed by atoms with Gasteiger partial charge in [0, 0.05) is 11.8 Å². The average molecular weight is 242 g/mol. The molecule has 0 saturated carbocycles. The Morgan fingerprint density at radius 1 is 1.00 bits per heavy atom. The van der Waals surface area contributed by atoms with Gasteiger partial charge in [0.2, 0.25) is 0 Å². The zero-order valence-electron chi connectivity index (χ0n) is 9.33. The van der Waals surface area contributed by atoms with Crippen LogP contribution < -0.4 is 5.32 Å². The highest BCUT2D eigenvalue weighted by atomic mass is 16.4. The van der Waals surface area contributed by atoms with Gasteiger partial charge in [-0.2, -0.15) is 0 Å². The minimum atomic E-state index is -1.05. The Balaban J connectivity index is 2.10. The number of benzene rings is 1. The number of pyridine rings is 1. The first-order valence-electron chi connectivity index (χ1n) is 5.22. The zero-order valence-corrected chi connectivity index (χ0v) is 9.33. The summed E-state index contributed by atoms with van der Waals surface area (Å²) in [6.45, 7) is 0. The molecule has 1 aromatic heterocycles. The van der Waals surface area contributed by atoms with Gasteiger partial charge in [-0.15, -0.1) is 0 Å². The number of carbonyl (C=O) groups excluding carboxylic acids is 1. The summed E-state index contributed by atoms with van der Waals surface area (Å²) in [6.07, 6.45) is 1.20. The van der Waals surface area contributed by atoms with E-state index in [1.165, 1.54) is 18.3 Å². The molecule has 0 atom stereocenters. The Labute approximate surface area is 103 Å². The van der Waals surface area contributed by atoms with Gasteiger partial charge in [0.1, 0.15) is 5.82 Å². The lowest BCUT2D eigenvalue weighted by atomic mass is 10.2. The highest BCUT2D eigenvalue weighted by molar-refractivity contribution is 6.03. The number of carbonyl (C=O) groups is 2. The molecule has 2 N–H and O–H groups in total. The zero-order chi connectivity index (χ0) is 13.0. The Morgan fingerprint density at radius 2 is 1.72 bits per heavy atom. The van der Waals surface area contributed by atoms with E-state index in [4.69, 9.17) is 5.11 Å². The third-order valence-corrected chi connectivity index (χ3v) is 2.29. The van der Waals surface area contributed by atoms with Gasteiger partial charge in [-0.1, -0.05) is 18.2 Å². The predicted molar refractivity (Wildman–Crippen MR) is 65.6 cm³/mol. The highest BCUT2D eigenvalue weighted by Gasteiger charge is 2.07. The standard InChI is InChI=1S/C13H10N2O3/c16-12(9-4-2-1-3-5-9)15-11-7-6-10(8-14-11)13(17)18/h1-8H,(H,17,18)(H,14,15,16). The van der Waals surface area contributed by atoms with Crippen LogP contribution in [0, 0.1) is 0 Å². The first-order valence-corrected chi connectivity index (χ1v) is 5.22. The van der Waals surface area contributed by atoms with E-state index in [2.05, 4.69) is 10.3 Å². The molecular formula is C13H10N2O3. The van der Waals surface area contributed by atoms with Crippen LogP contribution in [0.15, 0.2) is 48.7 Å². The second kappa shape index (κ2) is 5.09. The monoisotopic (exact) mass is 242 g/mol. The third-order valence-electron chi connectivity index (χ3n) is 2.29. The van der Waals surface area contributed by atoms with Gasteiger partial charge >= 0.3 is 5.97 Å². The molecular weight excluding hydrogens is 232 g/mol. The van der Waals surface area contributed by atoms with Crippen molar-refractivity contribution in [2.45, 2.75) is 0 Å². The van der Waals surface area contributed by atoms with Crippen LogP contribution in [0.5, 0.6) is 0 Å². The van der Waals surface area contributed by atoms with E-state index in [1.807, 2.05) is 6.07 Å². The van der Waals surface area contributed by atoms with E-state index in [0.29, 0.717) is 11.4 Å². The van der Waals surface area contributed by atoms with Crippen LogP contribution in [-0.4, -0.2) is 22.0 Å². The topological polar surface area (TPSA) is 79.3 Å². The van der Waals surface area contributed by atoms with Crippen molar-refractivity contribution in [1.29, 1.82) is 0 Å². The lowest BCUT2D eigenvalue weighted by Crippen LogP contribution is -2.13. The van der Waals surface area contributed by atoms with Gasteiger partial charge in [0.25, 0.3) is 5.91 Å². The Hall–Kier alpha value is -2.69. The summed E-state index contributed by atoms with van der Waals surface area (Å²) >= 11 is 0. The van der Waals surface area contributed by atoms with E-state index in [-0.39, 0.29) is 11.5 Å². The molecule has 90 valence electrons. The van der Waals surface area contributed by atoms with E-state index in [0.717, 1.165) is 0 Å². The fourth-order valence-electron chi connectivity index (χ4n) is 1.37. The van der Waals surface area contributed by atoms with Crippen LogP contribution in [0.2, 0.25) is 0 Å². The number of carboxylic acid groups (broad SMARTS) is 1. The predicted octanol–water partition coefficient (Wildman–Crippen LogP) is 2.03. The summed E-state index contributed by atoms with van der Waals surface area (Å²) in [5.74, 6) is -1.02. The first-order chi connectivity index (χ1) is 8.66. The number of nitrogens with zero attached hydrogens (tertiary/aromatic N) is 1. The molecule has 0 unspecified atom stereocenters. The molecule has 1 heterocycles. The van der Waals surface area contributed by atoms with Gasteiger partial charge in [-0.3, -0.25) is 4.79 Å². The van der Waals surface area contributed by atoms with Crippen LogP contribution in [0.25, 0.3) is 0 Å². The maximum absolute atomic E-state index is 11.8. The van der Waals surface area contributed by atoms with Crippen LogP contribution in [0.1, 0.15) is 20.7 Å². The molecule has 0 spiro atoms. The molecule has 0 radical (unpaired) electrons. The summed E-state index contributed by atoms with van der Waals surface area (Å²) in [6, 6.07) is 11.5. The second-order valence-electron chi connectivity index (χ2n) is 3.56. The molecule has 1 aromatic carbocycles. The number of nitrogens with one attached hydrogen (secondary N) is 1. The smallest absolute Gasteiger partial charge is 0.337 e. The van der Waals surface area contributed by atoms with Crippen molar-refractivity contribution in [3.63, 3.8) is 0 Å². The van der Waals surface area contributed by atoms with Crippen molar-refractivity contribution in [2.75, 3.05) is 5.32 Å². The highest BCUT2D eigenvalue weighted by Crippen LogP contribution is 2.07. The van der Waals surface area contributed by atoms with Gasteiger partial charge < -0.3 is 10.4 Å². The van der Waals surface area contributed by atoms with Crippen molar-refractivity contribution in [2.24, 2.45) is 0 Å². The van der Waals surface area contributed by atoms with Crippen LogP contribution in [0.3, 0.4) is 0 Å². The molecule has 0 saturated heterocycles. The lowest BCUT2D eigenvalue weighted by molar-refractivity contribution is 0.0696. The van der Waals surface area contributed by atoms with Gasteiger partial charge in [-0.05, 0) is 24.3 Å². The second-order valence-corrected chi connectivity index (χ2v) is 3.56. The number of amides is 1. The first kappa shape index (κ1) is 11.8.